The van der Waals surface area contributed by atoms with Crippen LogP contribution in [-0.4, -0.2) is 16.6 Å². The lowest BCUT2D eigenvalue weighted by Crippen LogP contribution is -2.14. The largest absolute Gasteiger partial charge is 0.285 e. The van der Waals surface area contributed by atoms with Gasteiger partial charge in [0.05, 0.1) is 0 Å². The fourth-order valence-electron chi connectivity index (χ4n) is 1.40. The average molecular weight is 246 g/mol. The Balaban J connectivity index is 2.30. The van der Waals surface area contributed by atoms with Crippen LogP contribution in [0.5, 0.6) is 0 Å². The third-order valence-electron chi connectivity index (χ3n) is 2.23. The Kier molecular flexibility index (Phi) is 3.30. The van der Waals surface area contributed by atoms with E-state index in [0.717, 1.165) is 0 Å². The first-order chi connectivity index (χ1) is 8.18. The van der Waals surface area contributed by atoms with Crippen molar-refractivity contribution in [3.8, 4) is 0 Å². The molecular weight excluding hydrogens is 238 g/mol. The van der Waals surface area contributed by atoms with E-state index in [1.807, 2.05) is 0 Å². The lowest BCUT2D eigenvalue weighted by Gasteiger charge is -2.00. The molecule has 0 atom stereocenters. The normalized spacial score (nSPS) is 9.94. The van der Waals surface area contributed by atoms with Crippen molar-refractivity contribution < 1.29 is 9.59 Å². The first kappa shape index (κ1) is 11.5. The number of nitrogens with zero attached hydrogens (tertiary/aromatic N) is 1. The van der Waals surface area contributed by atoms with Gasteiger partial charge in [-0.3, -0.25) is 9.59 Å². The molecule has 1 aromatic carbocycles. The second kappa shape index (κ2) is 4.89. The maximum atomic E-state index is 11.9. The molecule has 0 saturated heterocycles. The zero-order chi connectivity index (χ0) is 12.3. The van der Waals surface area contributed by atoms with Gasteiger partial charge in [-0.05, 0) is 12.1 Å². The smallest absolute Gasteiger partial charge is 0.233 e. The van der Waals surface area contributed by atoms with E-state index in [4.69, 9.17) is 11.6 Å². The molecule has 2 aromatic rings. The molecule has 0 fully saturated rings. The van der Waals surface area contributed by atoms with Crippen LogP contribution in [0.2, 0.25) is 5.15 Å². The fraction of sp³-hybridized carbons (Fsp3) is 0. The number of hydrogen-bond acceptors (Lipinski definition) is 3. The van der Waals surface area contributed by atoms with Gasteiger partial charge >= 0.3 is 0 Å². The summed E-state index contributed by atoms with van der Waals surface area (Å²) in [4.78, 5) is 27.5. The number of aromatic nitrogens is 1. The van der Waals surface area contributed by atoms with E-state index in [2.05, 4.69) is 4.98 Å². The molecule has 4 heteroatoms. The molecule has 2 rings (SSSR count). The molecule has 0 saturated carbocycles. The second-order valence-electron chi connectivity index (χ2n) is 3.39. The van der Waals surface area contributed by atoms with Crippen LogP contribution >= 0.6 is 11.6 Å². The minimum absolute atomic E-state index is 0.191. The molecule has 1 heterocycles. The molecule has 17 heavy (non-hydrogen) atoms. The van der Waals surface area contributed by atoms with Crippen LogP contribution in [0.1, 0.15) is 20.7 Å². The molecule has 0 aliphatic rings. The van der Waals surface area contributed by atoms with Gasteiger partial charge in [0.25, 0.3) is 0 Å². The molecule has 3 nitrogen and oxygen atoms in total. The maximum Gasteiger partial charge on any atom is 0.233 e. The quantitative estimate of drug-likeness (QED) is 0.475. The van der Waals surface area contributed by atoms with Gasteiger partial charge in [-0.1, -0.05) is 41.9 Å². The van der Waals surface area contributed by atoms with Crippen molar-refractivity contribution in [3.63, 3.8) is 0 Å². The van der Waals surface area contributed by atoms with Crippen LogP contribution in [0.3, 0.4) is 0 Å². The van der Waals surface area contributed by atoms with E-state index in [-0.39, 0.29) is 10.7 Å². The maximum absolute atomic E-state index is 11.9. The third kappa shape index (κ3) is 2.57. The number of Topliss-reactive ketones (excluding diaryl/α,β-unsaturated/α-hetero) is 2. The van der Waals surface area contributed by atoms with Crippen molar-refractivity contribution in [1.82, 2.24) is 4.98 Å². The number of hydrogen-bond donors (Lipinski definition) is 0. The molecule has 0 unspecified atom stereocenters. The van der Waals surface area contributed by atoms with Crippen molar-refractivity contribution >= 4 is 23.2 Å². The summed E-state index contributed by atoms with van der Waals surface area (Å²) < 4.78 is 0. The highest BCUT2D eigenvalue weighted by molar-refractivity contribution is 6.49. The van der Waals surface area contributed by atoms with Crippen molar-refractivity contribution in [2.75, 3.05) is 0 Å². The summed E-state index contributed by atoms with van der Waals surface area (Å²) in [5.74, 6) is -1.13. The van der Waals surface area contributed by atoms with Gasteiger partial charge in [-0.15, -0.1) is 0 Å². The Morgan fingerprint density at radius 3 is 2.24 bits per heavy atom. The van der Waals surface area contributed by atoms with Crippen LogP contribution in [-0.2, 0) is 0 Å². The molecule has 1 aromatic heterocycles. The van der Waals surface area contributed by atoms with Crippen LogP contribution in [0, 0.1) is 0 Å². The van der Waals surface area contributed by atoms with E-state index in [1.54, 1.807) is 30.3 Å². The van der Waals surface area contributed by atoms with E-state index in [0.29, 0.717) is 5.56 Å². The van der Waals surface area contributed by atoms with Gasteiger partial charge in [0.2, 0.25) is 11.6 Å². The van der Waals surface area contributed by atoms with E-state index in [9.17, 15) is 9.59 Å². The summed E-state index contributed by atoms with van der Waals surface area (Å²) in [6.45, 7) is 0. The number of ketones is 2. The first-order valence-corrected chi connectivity index (χ1v) is 5.32. The molecule has 0 amide bonds. The van der Waals surface area contributed by atoms with Crippen molar-refractivity contribution in [2.45, 2.75) is 0 Å². The molecular formula is C13H8ClNO2. The topological polar surface area (TPSA) is 47.0 Å². The lowest BCUT2D eigenvalue weighted by molar-refractivity contribution is 0.0817. The molecule has 0 spiro atoms. The van der Waals surface area contributed by atoms with Gasteiger partial charge < -0.3 is 0 Å². The molecule has 0 radical (unpaired) electrons. The van der Waals surface area contributed by atoms with E-state index in [1.165, 1.54) is 18.3 Å². The first-order valence-electron chi connectivity index (χ1n) is 4.94. The summed E-state index contributed by atoms with van der Waals surface area (Å²) >= 11 is 5.66. The summed E-state index contributed by atoms with van der Waals surface area (Å²) in [7, 11) is 0. The van der Waals surface area contributed by atoms with Gasteiger partial charge in [0.15, 0.2) is 0 Å². The highest BCUT2D eigenvalue weighted by atomic mass is 35.5. The van der Waals surface area contributed by atoms with E-state index >= 15 is 0 Å². The highest BCUT2D eigenvalue weighted by Crippen LogP contribution is 2.11. The minimum atomic E-state index is -0.583. The molecule has 0 aliphatic heterocycles. The van der Waals surface area contributed by atoms with Crippen molar-refractivity contribution in [3.05, 3.63) is 64.9 Å². The predicted molar refractivity (Wildman–Crippen MR) is 64.4 cm³/mol. The van der Waals surface area contributed by atoms with Crippen LogP contribution in [0.15, 0.2) is 48.7 Å². The lowest BCUT2D eigenvalue weighted by atomic mass is 10.0. The Hall–Kier alpha value is -2.00. The number of benzene rings is 1. The third-order valence-corrected chi connectivity index (χ3v) is 2.44. The Morgan fingerprint density at radius 2 is 1.59 bits per heavy atom. The van der Waals surface area contributed by atoms with E-state index < -0.39 is 11.6 Å². The Morgan fingerprint density at radius 1 is 0.941 bits per heavy atom. The molecule has 0 bridgehead atoms. The summed E-state index contributed by atoms with van der Waals surface area (Å²) in [6, 6.07) is 11.2. The minimum Gasteiger partial charge on any atom is -0.285 e. The van der Waals surface area contributed by atoms with Gasteiger partial charge in [0.1, 0.15) is 5.15 Å². The zero-order valence-corrected chi connectivity index (χ0v) is 9.52. The number of carbonyl (C=O) groups excluding carboxylic acids is 2. The highest BCUT2D eigenvalue weighted by Gasteiger charge is 2.18. The predicted octanol–water partition coefficient (Wildman–Crippen LogP) is 2.80. The fourth-order valence-corrected chi connectivity index (χ4v) is 1.57. The summed E-state index contributed by atoms with van der Waals surface area (Å²) in [6.07, 6.45) is 1.40. The Labute approximate surface area is 103 Å². The van der Waals surface area contributed by atoms with Crippen LogP contribution in [0.4, 0.5) is 0 Å². The van der Waals surface area contributed by atoms with Gasteiger partial charge in [-0.2, -0.15) is 0 Å². The summed E-state index contributed by atoms with van der Waals surface area (Å²) in [5, 5.41) is 0.191. The van der Waals surface area contributed by atoms with Crippen molar-refractivity contribution in [1.29, 1.82) is 0 Å². The van der Waals surface area contributed by atoms with Crippen molar-refractivity contribution in [2.24, 2.45) is 0 Å². The molecule has 0 N–H and O–H groups in total. The monoisotopic (exact) mass is 245 g/mol. The second-order valence-corrected chi connectivity index (χ2v) is 3.78. The SMILES string of the molecule is O=C(C(=O)c1ccnc(Cl)c1)c1ccccc1. The number of halogens is 1. The molecule has 0 aliphatic carbocycles. The molecule has 84 valence electrons. The standard InChI is InChI=1S/C13H8ClNO2/c14-11-8-10(6-7-15-11)13(17)12(16)9-4-2-1-3-5-9/h1-8H. The number of pyridine rings is 1. The number of carbonyl (C=O) groups is 2. The van der Waals surface area contributed by atoms with Crippen LogP contribution < -0.4 is 0 Å². The Bertz CT molecular complexity index is 567. The number of rotatable bonds is 3. The van der Waals surface area contributed by atoms with Gasteiger partial charge in [-0.25, -0.2) is 4.98 Å². The average Bonchev–Trinajstić information content (AvgIpc) is 2.38. The zero-order valence-electron chi connectivity index (χ0n) is 8.76. The summed E-state index contributed by atoms with van der Waals surface area (Å²) in [5.41, 5.74) is 0.615. The van der Waals surface area contributed by atoms with Crippen LogP contribution in [0.25, 0.3) is 0 Å². The van der Waals surface area contributed by atoms with Gasteiger partial charge in [0, 0.05) is 17.3 Å².